The quantitative estimate of drug-likeness (QED) is 0.694. The maximum absolute atomic E-state index is 12.1. The average molecular weight is 349 g/mol. The first-order valence-corrected chi connectivity index (χ1v) is 8.22. The number of anilines is 1. The van der Waals surface area contributed by atoms with E-state index in [1.165, 1.54) is 0 Å². The summed E-state index contributed by atoms with van der Waals surface area (Å²) in [7, 11) is 1.61. The maximum atomic E-state index is 12.1. The standard InChI is InChI=1S/C20H19N3O3/c1-26-16-7-5-14(6-8-16)9-12-22-19(24)20(25)23-18-4-2-3-15-13-21-11-10-17(15)18/h2-8,10-11,13H,9,12H2,1H3,(H,22,24)(H,23,25). The number of hydrogen-bond donors (Lipinski definition) is 2. The lowest BCUT2D eigenvalue weighted by Gasteiger charge is -2.09. The normalized spacial score (nSPS) is 10.3. The van der Waals surface area contributed by atoms with Crippen LogP contribution in [0.25, 0.3) is 10.8 Å². The molecule has 0 saturated heterocycles. The van der Waals surface area contributed by atoms with Gasteiger partial charge in [0, 0.05) is 35.4 Å². The van der Waals surface area contributed by atoms with Gasteiger partial charge in [0.25, 0.3) is 0 Å². The maximum Gasteiger partial charge on any atom is 0.313 e. The van der Waals surface area contributed by atoms with E-state index in [1.54, 1.807) is 37.7 Å². The van der Waals surface area contributed by atoms with Crippen molar-refractivity contribution < 1.29 is 14.3 Å². The summed E-state index contributed by atoms with van der Waals surface area (Å²) in [6, 6.07) is 14.8. The van der Waals surface area contributed by atoms with Crippen molar-refractivity contribution in [3.05, 3.63) is 66.5 Å². The SMILES string of the molecule is COc1ccc(CCNC(=O)C(=O)Nc2cccc3cnccc23)cc1. The Morgan fingerprint density at radius 3 is 2.62 bits per heavy atom. The summed E-state index contributed by atoms with van der Waals surface area (Å²) in [5, 5.41) is 7.02. The van der Waals surface area contributed by atoms with Crippen LogP contribution in [0.5, 0.6) is 5.75 Å². The lowest BCUT2D eigenvalue weighted by Crippen LogP contribution is -2.36. The topological polar surface area (TPSA) is 80.3 Å². The number of benzene rings is 2. The molecule has 2 amide bonds. The van der Waals surface area contributed by atoms with Crippen LogP contribution in [0, 0.1) is 0 Å². The molecule has 0 aliphatic heterocycles. The van der Waals surface area contributed by atoms with Gasteiger partial charge in [-0.15, -0.1) is 0 Å². The van der Waals surface area contributed by atoms with Gasteiger partial charge in [0.15, 0.2) is 0 Å². The Morgan fingerprint density at radius 2 is 1.85 bits per heavy atom. The van der Waals surface area contributed by atoms with Crippen molar-refractivity contribution in [1.29, 1.82) is 0 Å². The first-order chi connectivity index (χ1) is 12.7. The Labute approximate surface area is 151 Å². The minimum absolute atomic E-state index is 0.373. The molecule has 0 aliphatic rings. The molecule has 3 rings (SSSR count). The van der Waals surface area contributed by atoms with Gasteiger partial charge in [0.05, 0.1) is 7.11 Å². The molecule has 1 heterocycles. The third kappa shape index (κ3) is 4.16. The molecule has 0 atom stereocenters. The Bertz CT molecular complexity index is 918. The number of aromatic nitrogens is 1. The van der Waals surface area contributed by atoms with E-state index in [9.17, 15) is 9.59 Å². The highest BCUT2D eigenvalue weighted by Gasteiger charge is 2.14. The number of methoxy groups -OCH3 is 1. The molecule has 1 aromatic heterocycles. The van der Waals surface area contributed by atoms with E-state index in [-0.39, 0.29) is 0 Å². The van der Waals surface area contributed by atoms with Crippen LogP contribution in [0.3, 0.4) is 0 Å². The number of pyridine rings is 1. The third-order valence-corrected chi connectivity index (χ3v) is 3.99. The molecule has 3 aromatic rings. The Hall–Kier alpha value is -3.41. The van der Waals surface area contributed by atoms with Crippen LogP contribution >= 0.6 is 0 Å². The number of amides is 2. The van der Waals surface area contributed by atoms with E-state index in [1.807, 2.05) is 30.3 Å². The summed E-state index contributed by atoms with van der Waals surface area (Å²) < 4.78 is 5.10. The summed E-state index contributed by atoms with van der Waals surface area (Å²) in [4.78, 5) is 28.2. The van der Waals surface area contributed by atoms with E-state index in [0.717, 1.165) is 22.1 Å². The van der Waals surface area contributed by atoms with Gasteiger partial charge in [0.1, 0.15) is 5.75 Å². The van der Waals surface area contributed by atoms with Gasteiger partial charge in [-0.25, -0.2) is 0 Å². The number of fused-ring (bicyclic) bond motifs is 1. The molecule has 26 heavy (non-hydrogen) atoms. The molecule has 0 radical (unpaired) electrons. The summed E-state index contributed by atoms with van der Waals surface area (Å²) in [5.74, 6) is -0.573. The molecular weight excluding hydrogens is 330 g/mol. The molecule has 0 fully saturated rings. The minimum Gasteiger partial charge on any atom is -0.497 e. The van der Waals surface area contributed by atoms with Crippen LogP contribution in [0.1, 0.15) is 5.56 Å². The van der Waals surface area contributed by atoms with Gasteiger partial charge in [-0.3, -0.25) is 14.6 Å². The molecule has 0 aliphatic carbocycles. The summed E-state index contributed by atoms with van der Waals surface area (Å²) >= 11 is 0. The third-order valence-electron chi connectivity index (χ3n) is 3.99. The summed E-state index contributed by atoms with van der Waals surface area (Å²) in [5.41, 5.74) is 1.63. The smallest absolute Gasteiger partial charge is 0.313 e. The van der Waals surface area contributed by atoms with E-state index in [0.29, 0.717) is 18.7 Å². The first-order valence-electron chi connectivity index (χ1n) is 8.22. The Morgan fingerprint density at radius 1 is 1.04 bits per heavy atom. The second-order valence-corrected chi connectivity index (χ2v) is 5.71. The molecule has 0 spiro atoms. The van der Waals surface area contributed by atoms with Gasteiger partial charge in [0.2, 0.25) is 0 Å². The van der Waals surface area contributed by atoms with Crippen LogP contribution < -0.4 is 15.4 Å². The average Bonchev–Trinajstić information content (AvgIpc) is 2.68. The van der Waals surface area contributed by atoms with Crippen molar-refractivity contribution >= 4 is 28.3 Å². The Kier molecular flexibility index (Phi) is 5.43. The van der Waals surface area contributed by atoms with E-state index < -0.39 is 11.8 Å². The van der Waals surface area contributed by atoms with Crippen LogP contribution in [-0.2, 0) is 16.0 Å². The number of carbonyl (C=O) groups is 2. The van der Waals surface area contributed by atoms with Crippen LogP contribution in [0.4, 0.5) is 5.69 Å². The highest BCUT2D eigenvalue weighted by atomic mass is 16.5. The van der Waals surface area contributed by atoms with Crippen LogP contribution in [0.15, 0.2) is 60.9 Å². The van der Waals surface area contributed by atoms with Gasteiger partial charge >= 0.3 is 11.8 Å². The molecule has 2 aromatic carbocycles. The van der Waals surface area contributed by atoms with Crippen molar-refractivity contribution in [3.63, 3.8) is 0 Å². The number of rotatable bonds is 5. The fourth-order valence-corrected chi connectivity index (χ4v) is 2.60. The van der Waals surface area contributed by atoms with Crippen molar-refractivity contribution in [2.45, 2.75) is 6.42 Å². The number of nitrogens with one attached hydrogen (secondary N) is 2. The highest BCUT2D eigenvalue weighted by Crippen LogP contribution is 2.21. The zero-order valence-electron chi connectivity index (χ0n) is 14.4. The zero-order chi connectivity index (χ0) is 18.4. The summed E-state index contributed by atoms with van der Waals surface area (Å²) in [6.07, 6.45) is 3.98. The monoisotopic (exact) mass is 349 g/mol. The van der Waals surface area contributed by atoms with Crippen molar-refractivity contribution in [2.75, 3.05) is 19.0 Å². The predicted molar refractivity (Wildman–Crippen MR) is 100 cm³/mol. The summed E-state index contributed by atoms with van der Waals surface area (Å²) in [6.45, 7) is 0.373. The lowest BCUT2D eigenvalue weighted by molar-refractivity contribution is -0.136. The number of nitrogens with zero attached hydrogens (tertiary/aromatic N) is 1. The highest BCUT2D eigenvalue weighted by molar-refractivity contribution is 6.40. The molecular formula is C20H19N3O3. The van der Waals surface area contributed by atoms with Gasteiger partial charge in [-0.1, -0.05) is 24.3 Å². The number of carbonyl (C=O) groups excluding carboxylic acids is 2. The first kappa shape index (κ1) is 17.4. The van der Waals surface area contributed by atoms with Crippen LogP contribution in [0.2, 0.25) is 0 Å². The van der Waals surface area contributed by atoms with Crippen molar-refractivity contribution in [3.8, 4) is 5.75 Å². The van der Waals surface area contributed by atoms with Gasteiger partial charge < -0.3 is 15.4 Å². The molecule has 6 nitrogen and oxygen atoms in total. The number of ether oxygens (including phenoxy) is 1. The van der Waals surface area contributed by atoms with E-state index >= 15 is 0 Å². The molecule has 6 heteroatoms. The molecule has 2 N–H and O–H groups in total. The van der Waals surface area contributed by atoms with Crippen molar-refractivity contribution in [1.82, 2.24) is 10.3 Å². The second-order valence-electron chi connectivity index (χ2n) is 5.71. The molecule has 132 valence electrons. The largest absolute Gasteiger partial charge is 0.497 e. The fourth-order valence-electron chi connectivity index (χ4n) is 2.60. The van der Waals surface area contributed by atoms with E-state index in [4.69, 9.17) is 4.74 Å². The lowest BCUT2D eigenvalue weighted by atomic mass is 10.1. The second kappa shape index (κ2) is 8.11. The Balaban J connectivity index is 1.55. The van der Waals surface area contributed by atoms with Gasteiger partial charge in [-0.2, -0.15) is 0 Å². The fraction of sp³-hybridized carbons (Fsp3) is 0.150. The zero-order valence-corrected chi connectivity index (χ0v) is 14.4. The van der Waals surface area contributed by atoms with Crippen molar-refractivity contribution in [2.24, 2.45) is 0 Å². The van der Waals surface area contributed by atoms with E-state index in [2.05, 4.69) is 15.6 Å². The number of hydrogen-bond acceptors (Lipinski definition) is 4. The van der Waals surface area contributed by atoms with Gasteiger partial charge in [-0.05, 0) is 36.2 Å². The van der Waals surface area contributed by atoms with Crippen LogP contribution in [-0.4, -0.2) is 30.5 Å². The molecule has 0 saturated carbocycles. The predicted octanol–water partition coefficient (Wildman–Crippen LogP) is 2.54. The minimum atomic E-state index is -0.691. The molecule has 0 bridgehead atoms. The molecule has 0 unspecified atom stereocenters.